The molecular weight excluding hydrogens is 321 g/mol. The predicted octanol–water partition coefficient (Wildman–Crippen LogP) is 3.35. The maximum Gasteiger partial charge on any atom is 0.411 e. The summed E-state index contributed by atoms with van der Waals surface area (Å²) < 4.78 is 7.47. The normalized spacial score (nSPS) is 15.1. The lowest BCUT2D eigenvalue weighted by molar-refractivity contribution is 0.155. The number of nitrogens with zero attached hydrogens (tertiary/aromatic N) is 2. The van der Waals surface area contributed by atoms with E-state index in [1.54, 1.807) is 0 Å². The van der Waals surface area contributed by atoms with Crippen molar-refractivity contribution in [2.24, 2.45) is 0 Å². The summed E-state index contributed by atoms with van der Waals surface area (Å²) >= 11 is 0. The highest BCUT2D eigenvalue weighted by Gasteiger charge is 2.14. The Bertz CT molecular complexity index is 656. The van der Waals surface area contributed by atoms with Crippen LogP contribution >= 0.6 is 9.39 Å². The molecule has 24 heavy (non-hydrogen) atoms. The molecule has 0 aliphatic carbocycles. The lowest BCUT2D eigenvalue weighted by Crippen LogP contribution is -2.42. The van der Waals surface area contributed by atoms with Crippen molar-refractivity contribution in [3.8, 4) is 0 Å². The van der Waals surface area contributed by atoms with E-state index in [2.05, 4.69) is 24.3 Å². The summed E-state index contributed by atoms with van der Waals surface area (Å²) in [6, 6.07) is 17.5. The molecule has 1 aliphatic rings. The standard InChI is InChI=1S/C18H22N3O2P/c22-18(23-14-15-4-2-1-3-5-15)19-16-6-8-17(9-7-16)20-10-12-21(24)13-11-20/h1-9H,10-14,24H2,(H,19,22). The van der Waals surface area contributed by atoms with Gasteiger partial charge in [0.15, 0.2) is 0 Å². The Morgan fingerprint density at radius 3 is 2.33 bits per heavy atom. The Morgan fingerprint density at radius 1 is 1.00 bits per heavy atom. The summed E-state index contributed by atoms with van der Waals surface area (Å²) in [5, 5.41) is 2.76. The Morgan fingerprint density at radius 2 is 1.67 bits per heavy atom. The summed E-state index contributed by atoms with van der Waals surface area (Å²) in [5.74, 6) is 0. The van der Waals surface area contributed by atoms with Gasteiger partial charge in [-0.05, 0) is 29.8 Å². The van der Waals surface area contributed by atoms with Crippen molar-refractivity contribution in [2.75, 3.05) is 36.4 Å². The van der Waals surface area contributed by atoms with Crippen LogP contribution in [0.3, 0.4) is 0 Å². The van der Waals surface area contributed by atoms with E-state index in [4.69, 9.17) is 4.74 Å². The second kappa shape index (κ2) is 8.13. The Hall–Kier alpha value is -2.10. The van der Waals surface area contributed by atoms with Crippen LogP contribution in [0.2, 0.25) is 0 Å². The van der Waals surface area contributed by atoms with Crippen molar-refractivity contribution in [1.82, 2.24) is 4.67 Å². The number of ether oxygens (including phenoxy) is 1. The van der Waals surface area contributed by atoms with Gasteiger partial charge in [-0.15, -0.1) is 0 Å². The topological polar surface area (TPSA) is 44.8 Å². The average molecular weight is 343 g/mol. The van der Waals surface area contributed by atoms with Gasteiger partial charge in [0.1, 0.15) is 6.61 Å². The summed E-state index contributed by atoms with van der Waals surface area (Å²) in [6.07, 6.45) is -0.441. The first-order valence-electron chi connectivity index (χ1n) is 8.03. The van der Waals surface area contributed by atoms with Gasteiger partial charge in [-0.25, -0.2) is 4.79 Å². The van der Waals surface area contributed by atoms with Gasteiger partial charge in [-0.2, -0.15) is 0 Å². The molecule has 1 N–H and O–H groups in total. The molecule has 0 radical (unpaired) electrons. The Balaban J connectivity index is 1.49. The van der Waals surface area contributed by atoms with Gasteiger partial charge in [0, 0.05) is 37.6 Å². The van der Waals surface area contributed by atoms with E-state index < -0.39 is 6.09 Å². The first-order chi connectivity index (χ1) is 11.7. The molecule has 1 heterocycles. The zero-order chi connectivity index (χ0) is 16.8. The van der Waals surface area contributed by atoms with Crippen LogP contribution in [0.5, 0.6) is 0 Å². The van der Waals surface area contributed by atoms with Gasteiger partial charge >= 0.3 is 6.09 Å². The fraction of sp³-hybridized carbons (Fsp3) is 0.278. The van der Waals surface area contributed by atoms with Gasteiger partial charge < -0.3 is 9.64 Å². The summed E-state index contributed by atoms with van der Waals surface area (Å²) in [5.41, 5.74) is 2.88. The van der Waals surface area contributed by atoms with E-state index in [-0.39, 0.29) is 6.61 Å². The third kappa shape index (κ3) is 4.70. The van der Waals surface area contributed by atoms with Crippen LogP contribution in [-0.2, 0) is 11.3 Å². The van der Waals surface area contributed by atoms with Gasteiger partial charge in [-0.3, -0.25) is 9.99 Å². The van der Waals surface area contributed by atoms with Crippen LogP contribution in [0.15, 0.2) is 54.6 Å². The molecule has 1 unspecified atom stereocenters. The highest BCUT2D eigenvalue weighted by molar-refractivity contribution is 7.13. The lowest BCUT2D eigenvalue weighted by atomic mass is 10.2. The van der Waals surface area contributed by atoms with E-state index >= 15 is 0 Å². The van der Waals surface area contributed by atoms with Crippen molar-refractivity contribution >= 4 is 26.9 Å². The summed E-state index contributed by atoms with van der Waals surface area (Å²) in [6.45, 7) is 4.36. The maximum atomic E-state index is 11.9. The Kier molecular flexibility index (Phi) is 5.68. The smallest absolute Gasteiger partial charge is 0.411 e. The number of amides is 1. The van der Waals surface area contributed by atoms with E-state index in [9.17, 15) is 4.79 Å². The number of carbonyl (C=O) groups is 1. The molecule has 1 amide bonds. The van der Waals surface area contributed by atoms with Crippen molar-refractivity contribution in [2.45, 2.75) is 6.61 Å². The quantitative estimate of drug-likeness (QED) is 0.865. The zero-order valence-electron chi connectivity index (χ0n) is 13.5. The number of piperazine rings is 1. The third-order valence-corrected chi connectivity index (χ3v) is 4.52. The first kappa shape index (κ1) is 16.7. The number of nitrogens with one attached hydrogen (secondary N) is 1. The largest absolute Gasteiger partial charge is 0.444 e. The van der Waals surface area contributed by atoms with E-state index in [1.165, 1.54) is 5.69 Å². The van der Waals surface area contributed by atoms with Crippen molar-refractivity contribution in [3.63, 3.8) is 0 Å². The molecule has 1 saturated heterocycles. The molecule has 5 nitrogen and oxygen atoms in total. The van der Waals surface area contributed by atoms with Gasteiger partial charge in [0.05, 0.1) is 0 Å². The number of rotatable bonds is 4. The lowest BCUT2D eigenvalue weighted by Gasteiger charge is -2.33. The minimum atomic E-state index is -0.441. The van der Waals surface area contributed by atoms with E-state index in [1.807, 2.05) is 54.6 Å². The van der Waals surface area contributed by atoms with Crippen LogP contribution in [0.1, 0.15) is 5.56 Å². The molecule has 1 atom stereocenters. The first-order valence-corrected chi connectivity index (χ1v) is 8.55. The average Bonchev–Trinajstić information content (AvgIpc) is 2.62. The van der Waals surface area contributed by atoms with Crippen molar-refractivity contribution in [1.29, 1.82) is 0 Å². The number of hydrogen-bond acceptors (Lipinski definition) is 4. The fourth-order valence-electron chi connectivity index (χ4n) is 2.61. The number of anilines is 2. The molecule has 0 spiro atoms. The van der Waals surface area contributed by atoms with Crippen LogP contribution in [0.25, 0.3) is 0 Å². The molecule has 2 aromatic carbocycles. The molecule has 0 saturated carbocycles. The second-order valence-corrected chi connectivity index (χ2v) is 6.49. The zero-order valence-corrected chi connectivity index (χ0v) is 14.7. The highest BCUT2D eigenvalue weighted by atomic mass is 31.0. The molecule has 1 fully saturated rings. The fourth-order valence-corrected chi connectivity index (χ4v) is 2.84. The van der Waals surface area contributed by atoms with Crippen LogP contribution in [-0.4, -0.2) is 36.9 Å². The van der Waals surface area contributed by atoms with Crippen LogP contribution in [0.4, 0.5) is 16.2 Å². The predicted molar refractivity (Wildman–Crippen MR) is 100 cm³/mol. The molecule has 6 heteroatoms. The molecular formula is C18H22N3O2P. The minimum Gasteiger partial charge on any atom is -0.444 e. The monoisotopic (exact) mass is 343 g/mol. The van der Waals surface area contributed by atoms with Crippen molar-refractivity contribution < 1.29 is 9.53 Å². The molecule has 2 aromatic rings. The van der Waals surface area contributed by atoms with E-state index in [0.717, 1.165) is 37.4 Å². The molecule has 1 aliphatic heterocycles. The van der Waals surface area contributed by atoms with Gasteiger partial charge in [-0.1, -0.05) is 39.7 Å². The van der Waals surface area contributed by atoms with Gasteiger partial charge in [0.25, 0.3) is 0 Å². The number of benzene rings is 2. The van der Waals surface area contributed by atoms with Crippen LogP contribution < -0.4 is 10.2 Å². The van der Waals surface area contributed by atoms with E-state index in [0.29, 0.717) is 0 Å². The maximum absolute atomic E-state index is 11.9. The number of carbonyl (C=O) groups excluding carboxylic acids is 1. The molecule has 126 valence electrons. The van der Waals surface area contributed by atoms with Gasteiger partial charge in [0.2, 0.25) is 0 Å². The second-order valence-electron chi connectivity index (χ2n) is 5.76. The number of hydrogen-bond donors (Lipinski definition) is 1. The Labute approximate surface area is 144 Å². The van der Waals surface area contributed by atoms with Crippen molar-refractivity contribution in [3.05, 3.63) is 60.2 Å². The third-order valence-electron chi connectivity index (χ3n) is 4.01. The minimum absolute atomic E-state index is 0.268. The molecule has 0 aromatic heterocycles. The SMILES string of the molecule is O=C(Nc1ccc(N2CCN(P)CC2)cc1)OCc1ccccc1. The molecule has 3 rings (SSSR count). The summed E-state index contributed by atoms with van der Waals surface area (Å²) in [7, 11) is 2.75. The molecule has 0 bridgehead atoms. The summed E-state index contributed by atoms with van der Waals surface area (Å²) in [4.78, 5) is 14.2. The highest BCUT2D eigenvalue weighted by Crippen LogP contribution is 2.20. The van der Waals surface area contributed by atoms with Crippen LogP contribution in [0, 0.1) is 0 Å².